The molecule has 1 saturated carbocycles. The monoisotopic (exact) mass is 246 g/mol. The fourth-order valence-corrected chi connectivity index (χ4v) is 2.37. The van der Waals surface area contributed by atoms with Gasteiger partial charge >= 0.3 is 0 Å². The molecule has 0 spiro atoms. The maximum absolute atomic E-state index is 12.0. The van der Waals surface area contributed by atoms with Gasteiger partial charge in [-0.05, 0) is 44.6 Å². The van der Waals surface area contributed by atoms with Crippen LogP contribution in [0.5, 0.6) is 0 Å². The van der Waals surface area contributed by atoms with Gasteiger partial charge in [0.1, 0.15) is 0 Å². The van der Waals surface area contributed by atoms with E-state index in [1.54, 1.807) is 0 Å². The van der Waals surface area contributed by atoms with Crippen LogP contribution in [0.3, 0.4) is 0 Å². The molecule has 0 radical (unpaired) electrons. The lowest BCUT2D eigenvalue weighted by Gasteiger charge is -2.32. The largest absolute Gasteiger partial charge is 0.355 e. The van der Waals surface area contributed by atoms with Crippen molar-refractivity contribution in [2.75, 3.05) is 19.6 Å². The molecule has 0 aromatic carbocycles. The van der Waals surface area contributed by atoms with Crippen molar-refractivity contribution in [1.29, 1.82) is 0 Å². The summed E-state index contributed by atoms with van der Waals surface area (Å²) in [6.07, 6.45) is 3.42. The van der Waals surface area contributed by atoms with Gasteiger partial charge in [-0.1, -0.05) is 6.92 Å². The number of piperidine rings is 1. The van der Waals surface area contributed by atoms with Crippen LogP contribution in [-0.4, -0.2) is 25.5 Å². The molecule has 1 saturated heterocycles. The molecule has 2 aliphatic rings. The highest BCUT2D eigenvalue weighted by molar-refractivity contribution is 5.85. The molecule has 0 bridgehead atoms. The van der Waals surface area contributed by atoms with E-state index in [2.05, 4.69) is 24.5 Å². The lowest BCUT2D eigenvalue weighted by molar-refractivity contribution is -0.131. The van der Waals surface area contributed by atoms with Crippen molar-refractivity contribution >= 4 is 18.3 Å². The molecule has 3 nitrogen and oxygen atoms in total. The molecule has 1 aliphatic heterocycles. The van der Waals surface area contributed by atoms with E-state index in [4.69, 9.17) is 0 Å². The Kier molecular flexibility index (Phi) is 4.62. The van der Waals surface area contributed by atoms with Crippen molar-refractivity contribution < 1.29 is 4.79 Å². The van der Waals surface area contributed by atoms with Crippen LogP contribution in [0.25, 0.3) is 0 Å². The second-order valence-corrected chi connectivity index (χ2v) is 5.52. The number of halogens is 1. The van der Waals surface area contributed by atoms with E-state index in [0.29, 0.717) is 0 Å². The van der Waals surface area contributed by atoms with Gasteiger partial charge < -0.3 is 10.6 Å². The standard InChI is InChI=1S/C12H22N2O.ClH/c1-9-6-10(9)7-14-11(15)12(2)4-3-5-13-8-12;/h9-10,13H,3-8H2,1-2H3,(H,14,15);1H. The summed E-state index contributed by atoms with van der Waals surface area (Å²) in [7, 11) is 0. The zero-order valence-electron chi connectivity index (χ0n) is 10.2. The number of rotatable bonds is 3. The van der Waals surface area contributed by atoms with Crippen LogP contribution in [0.2, 0.25) is 0 Å². The van der Waals surface area contributed by atoms with Gasteiger partial charge in [0, 0.05) is 13.1 Å². The minimum absolute atomic E-state index is 0. The SMILES string of the molecule is CC1CC1CNC(=O)C1(C)CCCNC1.Cl. The van der Waals surface area contributed by atoms with Crippen LogP contribution in [0.4, 0.5) is 0 Å². The van der Waals surface area contributed by atoms with Crippen LogP contribution in [0.1, 0.15) is 33.1 Å². The van der Waals surface area contributed by atoms with Crippen LogP contribution < -0.4 is 10.6 Å². The summed E-state index contributed by atoms with van der Waals surface area (Å²) in [5.74, 6) is 1.81. The van der Waals surface area contributed by atoms with Crippen molar-refractivity contribution in [2.24, 2.45) is 17.3 Å². The van der Waals surface area contributed by atoms with Gasteiger partial charge in [-0.25, -0.2) is 0 Å². The molecule has 0 aromatic rings. The molecule has 2 rings (SSSR count). The van der Waals surface area contributed by atoms with Crippen LogP contribution >= 0.6 is 12.4 Å². The van der Waals surface area contributed by atoms with Gasteiger partial charge in [-0.3, -0.25) is 4.79 Å². The van der Waals surface area contributed by atoms with Crippen molar-refractivity contribution in [2.45, 2.75) is 33.1 Å². The quantitative estimate of drug-likeness (QED) is 0.794. The van der Waals surface area contributed by atoms with Gasteiger partial charge in [0.15, 0.2) is 0 Å². The average molecular weight is 247 g/mol. The molecule has 1 aliphatic carbocycles. The Morgan fingerprint density at radius 2 is 2.25 bits per heavy atom. The topological polar surface area (TPSA) is 41.1 Å². The molecule has 16 heavy (non-hydrogen) atoms. The summed E-state index contributed by atoms with van der Waals surface area (Å²) in [6, 6.07) is 0. The first-order valence-electron chi connectivity index (χ1n) is 6.11. The maximum atomic E-state index is 12.0. The smallest absolute Gasteiger partial charge is 0.227 e. The number of hydrogen-bond acceptors (Lipinski definition) is 2. The third-order valence-electron chi connectivity index (χ3n) is 3.95. The molecule has 2 fully saturated rings. The van der Waals surface area contributed by atoms with Crippen LogP contribution in [0, 0.1) is 17.3 Å². The fraction of sp³-hybridized carbons (Fsp3) is 0.917. The number of carbonyl (C=O) groups excluding carboxylic acids is 1. The highest BCUT2D eigenvalue weighted by Gasteiger charge is 2.37. The molecular formula is C12H23ClN2O. The average Bonchev–Trinajstić information content (AvgIpc) is 2.92. The lowest BCUT2D eigenvalue weighted by Crippen LogP contribution is -2.49. The molecule has 1 amide bonds. The fourth-order valence-electron chi connectivity index (χ4n) is 2.37. The number of nitrogens with one attached hydrogen (secondary N) is 2. The highest BCUT2D eigenvalue weighted by atomic mass is 35.5. The molecule has 0 aromatic heterocycles. The molecule has 1 heterocycles. The summed E-state index contributed by atoms with van der Waals surface area (Å²) < 4.78 is 0. The summed E-state index contributed by atoms with van der Waals surface area (Å²) >= 11 is 0. The molecule has 3 atom stereocenters. The van der Waals surface area contributed by atoms with E-state index in [9.17, 15) is 4.79 Å². The first kappa shape index (κ1) is 13.8. The Bertz CT molecular complexity index is 251. The van der Waals surface area contributed by atoms with Gasteiger partial charge in [-0.2, -0.15) is 0 Å². The van der Waals surface area contributed by atoms with Crippen molar-refractivity contribution in [3.05, 3.63) is 0 Å². The van der Waals surface area contributed by atoms with E-state index in [1.807, 2.05) is 0 Å². The van der Waals surface area contributed by atoms with Gasteiger partial charge in [0.2, 0.25) is 5.91 Å². The van der Waals surface area contributed by atoms with Gasteiger partial charge in [-0.15, -0.1) is 12.4 Å². The minimum atomic E-state index is -0.170. The highest BCUT2D eigenvalue weighted by Crippen LogP contribution is 2.37. The predicted octanol–water partition coefficient (Wildman–Crippen LogP) is 1.57. The second kappa shape index (κ2) is 5.37. The van der Waals surface area contributed by atoms with Crippen LogP contribution in [-0.2, 0) is 4.79 Å². The van der Waals surface area contributed by atoms with Gasteiger partial charge in [0.25, 0.3) is 0 Å². The lowest BCUT2D eigenvalue weighted by atomic mass is 9.82. The van der Waals surface area contributed by atoms with Crippen molar-refractivity contribution in [3.8, 4) is 0 Å². The summed E-state index contributed by atoms with van der Waals surface area (Å²) in [5, 5.41) is 6.41. The van der Waals surface area contributed by atoms with Gasteiger partial charge in [0.05, 0.1) is 5.41 Å². The van der Waals surface area contributed by atoms with E-state index < -0.39 is 0 Å². The molecule has 4 heteroatoms. The van der Waals surface area contributed by atoms with E-state index >= 15 is 0 Å². The predicted molar refractivity (Wildman–Crippen MR) is 67.7 cm³/mol. The Morgan fingerprint density at radius 3 is 2.75 bits per heavy atom. The Labute approximate surface area is 104 Å². The zero-order chi connectivity index (χ0) is 10.9. The summed E-state index contributed by atoms with van der Waals surface area (Å²) in [6.45, 7) is 7.10. The van der Waals surface area contributed by atoms with E-state index in [-0.39, 0.29) is 23.7 Å². The van der Waals surface area contributed by atoms with E-state index in [0.717, 1.165) is 44.3 Å². The number of carbonyl (C=O) groups is 1. The Hall–Kier alpha value is -0.280. The third kappa shape index (κ3) is 3.11. The minimum Gasteiger partial charge on any atom is -0.355 e. The summed E-state index contributed by atoms with van der Waals surface area (Å²) in [5.41, 5.74) is -0.170. The van der Waals surface area contributed by atoms with Crippen molar-refractivity contribution in [1.82, 2.24) is 10.6 Å². The van der Waals surface area contributed by atoms with Crippen LogP contribution in [0.15, 0.2) is 0 Å². The Morgan fingerprint density at radius 1 is 1.56 bits per heavy atom. The normalized spacial score (nSPS) is 37.4. The maximum Gasteiger partial charge on any atom is 0.227 e. The summed E-state index contributed by atoms with van der Waals surface area (Å²) in [4.78, 5) is 12.0. The second-order valence-electron chi connectivity index (χ2n) is 5.52. The molecule has 94 valence electrons. The molecule has 3 unspecified atom stereocenters. The number of hydrogen-bond donors (Lipinski definition) is 2. The Balaban J connectivity index is 0.00000128. The number of amides is 1. The molecule has 2 N–H and O–H groups in total. The first-order chi connectivity index (χ1) is 7.12. The first-order valence-corrected chi connectivity index (χ1v) is 6.11. The van der Waals surface area contributed by atoms with Crippen molar-refractivity contribution in [3.63, 3.8) is 0 Å². The zero-order valence-corrected chi connectivity index (χ0v) is 11.0. The van der Waals surface area contributed by atoms with E-state index in [1.165, 1.54) is 6.42 Å². The molecular weight excluding hydrogens is 224 g/mol. The third-order valence-corrected chi connectivity index (χ3v) is 3.95.